The van der Waals surface area contributed by atoms with E-state index in [1.54, 1.807) is 12.1 Å². The third-order valence-corrected chi connectivity index (χ3v) is 5.00. The lowest BCUT2D eigenvalue weighted by Crippen LogP contribution is -2.54. The minimum atomic E-state index is -0.501. The van der Waals surface area contributed by atoms with E-state index in [0.29, 0.717) is 31.9 Å². The number of rotatable bonds is 8. The van der Waals surface area contributed by atoms with Crippen LogP contribution < -0.4 is 10.6 Å². The van der Waals surface area contributed by atoms with Gasteiger partial charge in [0.2, 0.25) is 11.8 Å². The molecule has 0 aromatic heterocycles. The summed E-state index contributed by atoms with van der Waals surface area (Å²) in [6.07, 6.45) is 1.28. The Labute approximate surface area is 145 Å². The third kappa shape index (κ3) is 5.79. The molecule has 1 aromatic carbocycles. The van der Waals surface area contributed by atoms with Crippen LogP contribution in [0.15, 0.2) is 24.3 Å². The van der Waals surface area contributed by atoms with Crippen molar-refractivity contribution in [1.82, 2.24) is 10.6 Å². The second-order valence-electron chi connectivity index (χ2n) is 5.56. The summed E-state index contributed by atoms with van der Waals surface area (Å²) >= 11 is 1.46. The summed E-state index contributed by atoms with van der Waals surface area (Å²) < 4.78 is 18.1. The Balaban J connectivity index is 1.74. The third-order valence-electron chi connectivity index (χ3n) is 3.69. The number of nitrogens with one attached hydrogen (secondary N) is 2. The van der Waals surface area contributed by atoms with Crippen molar-refractivity contribution in [2.75, 3.05) is 25.5 Å². The van der Waals surface area contributed by atoms with Crippen LogP contribution >= 0.6 is 11.8 Å². The van der Waals surface area contributed by atoms with E-state index in [1.807, 2.05) is 6.92 Å². The fourth-order valence-electron chi connectivity index (χ4n) is 2.38. The van der Waals surface area contributed by atoms with Crippen molar-refractivity contribution >= 4 is 23.6 Å². The van der Waals surface area contributed by atoms with Crippen molar-refractivity contribution in [3.05, 3.63) is 35.6 Å². The molecular weight excluding hydrogens is 331 g/mol. The SMILES string of the molecule is CCOCCCNC(=O)[C@H]1CS[C@@H](Cc2ccc(F)cc2)C(=O)N1. The number of thioether (sulfide) groups is 1. The Hall–Kier alpha value is -1.60. The van der Waals surface area contributed by atoms with E-state index in [2.05, 4.69) is 10.6 Å². The maximum atomic E-state index is 12.9. The highest BCUT2D eigenvalue weighted by Gasteiger charge is 2.32. The summed E-state index contributed by atoms with van der Waals surface area (Å²) in [5.74, 6) is -0.0623. The van der Waals surface area contributed by atoms with Gasteiger partial charge in [-0.05, 0) is 37.5 Å². The van der Waals surface area contributed by atoms with Crippen LogP contribution in [-0.2, 0) is 20.7 Å². The van der Waals surface area contributed by atoms with Crippen LogP contribution in [0.25, 0.3) is 0 Å². The standard InChI is InChI=1S/C17H23FN2O3S/c1-2-23-9-3-8-19-16(21)14-11-24-15(17(22)20-14)10-12-4-6-13(18)7-5-12/h4-7,14-15H,2-3,8-11H2,1H3,(H,19,21)(H,20,22)/t14-,15+/m1/s1. The normalized spacial score (nSPS) is 20.5. The Morgan fingerprint density at radius 3 is 2.83 bits per heavy atom. The number of hydrogen-bond acceptors (Lipinski definition) is 4. The number of benzene rings is 1. The minimum absolute atomic E-state index is 0.148. The van der Waals surface area contributed by atoms with Crippen molar-refractivity contribution in [2.45, 2.75) is 31.1 Å². The molecule has 5 nitrogen and oxygen atoms in total. The molecule has 2 N–H and O–H groups in total. The van der Waals surface area contributed by atoms with Crippen molar-refractivity contribution in [3.8, 4) is 0 Å². The topological polar surface area (TPSA) is 67.4 Å². The van der Waals surface area contributed by atoms with Gasteiger partial charge in [-0.3, -0.25) is 9.59 Å². The molecule has 1 aliphatic rings. The molecule has 0 saturated carbocycles. The molecule has 1 heterocycles. The number of hydrogen-bond donors (Lipinski definition) is 2. The molecule has 2 amide bonds. The van der Waals surface area contributed by atoms with E-state index in [1.165, 1.54) is 23.9 Å². The summed E-state index contributed by atoms with van der Waals surface area (Å²) in [6, 6.07) is 5.64. The number of ether oxygens (including phenoxy) is 1. The van der Waals surface area contributed by atoms with Gasteiger partial charge < -0.3 is 15.4 Å². The lowest BCUT2D eigenvalue weighted by molar-refractivity contribution is -0.128. The molecule has 0 radical (unpaired) electrons. The summed E-state index contributed by atoms with van der Waals surface area (Å²) in [5.41, 5.74) is 0.905. The molecule has 0 bridgehead atoms. The van der Waals surface area contributed by atoms with Gasteiger partial charge in [0.15, 0.2) is 0 Å². The number of carbonyl (C=O) groups excluding carboxylic acids is 2. The molecule has 2 rings (SSSR count). The van der Waals surface area contributed by atoms with Gasteiger partial charge in [0, 0.05) is 25.5 Å². The Morgan fingerprint density at radius 1 is 1.42 bits per heavy atom. The first kappa shape index (κ1) is 18.7. The lowest BCUT2D eigenvalue weighted by atomic mass is 10.1. The van der Waals surface area contributed by atoms with Crippen LogP contribution in [0.2, 0.25) is 0 Å². The first-order chi connectivity index (χ1) is 11.6. The maximum Gasteiger partial charge on any atom is 0.243 e. The summed E-state index contributed by atoms with van der Waals surface area (Å²) in [4.78, 5) is 24.2. The molecule has 1 saturated heterocycles. The van der Waals surface area contributed by atoms with Crippen molar-refractivity contribution < 1.29 is 18.7 Å². The van der Waals surface area contributed by atoms with Gasteiger partial charge in [-0.15, -0.1) is 11.8 Å². The van der Waals surface area contributed by atoms with Crippen LogP contribution in [0.5, 0.6) is 0 Å². The second-order valence-corrected chi connectivity index (χ2v) is 6.79. The molecule has 2 atom stereocenters. The Morgan fingerprint density at radius 2 is 2.17 bits per heavy atom. The van der Waals surface area contributed by atoms with Gasteiger partial charge >= 0.3 is 0 Å². The van der Waals surface area contributed by atoms with Gasteiger partial charge in [-0.25, -0.2) is 4.39 Å². The molecule has 1 fully saturated rings. The zero-order valence-corrected chi connectivity index (χ0v) is 14.5. The van der Waals surface area contributed by atoms with Gasteiger partial charge in [0.25, 0.3) is 0 Å². The van der Waals surface area contributed by atoms with E-state index < -0.39 is 6.04 Å². The molecule has 1 aromatic rings. The fourth-order valence-corrected chi connectivity index (χ4v) is 3.56. The zero-order chi connectivity index (χ0) is 17.4. The summed E-state index contributed by atoms with van der Waals surface area (Å²) in [7, 11) is 0. The Bertz CT molecular complexity index is 553. The van der Waals surface area contributed by atoms with Gasteiger partial charge in [-0.1, -0.05) is 12.1 Å². The number of amides is 2. The fraction of sp³-hybridized carbons (Fsp3) is 0.529. The van der Waals surface area contributed by atoms with Crippen molar-refractivity contribution in [1.29, 1.82) is 0 Å². The van der Waals surface area contributed by atoms with Crippen LogP contribution in [-0.4, -0.2) is 48.6 Å². The molecule has 1 aliphatic heterocycles. The first-order valence-corrected chi connectivity index (χ1v) is 9.17. The smallest absolute Gasteiger partial charge is 0.243 e. The monoisotopic (exact) mass is 354 g/mol. The van der Waals surface area contributed by atoms with Crippen LogP contribution in [0.3, 0.4) is 0 Å². The average molecular weight is 354 g/mol. The lowest BCUT2D eigenvalue weighted by Gasteiger charge is -2.28. The highest BCUT2D eigenvalue weighted by atomic mass is 32.2. The van der Waals surface area contributed by atoms with E-state index in [0.717, 1.165) is 12.0 Å². The van der Waals surface area contributed by atoms with Gasteiger partial charge in [-0.2, -0.15) is 0 Å². The molecular formula is C17H23FN2O3S. The van der Waals surface area contributed by atoms with Gasteiger partial charge in [0.05, 0.1) is 5.25 Å². The maximum absolute atomic E-state index is 12.9. The molecule has 132 valence electrons. The summed E-state index contributed by atoms with van der Waals surface area (Å²) in [5, 5.41) is 5.33. The quantitative estimate of drug-likeness (QED) is 0.695. The molecule has 7 heteroatoms. The predicted molar refractivity (Wildman–Crippen MR) is 92.4 cm³/mol. The molecule has 0 spiro atoms. The average Bonchev–Trinajstić information content (AvgIpc) is 2.58. The van der Waals surface area contributed by atoms with Crippen LogP contribution in [0.4, 0.5) is 4.39 Å². The molecule has 24 heavy (non-hydrogen) atoms. The minimum Gasteiger partial charge on any atom is -0.382 e. The zero-order valence-electron chi connectivity index (χ0n) is 13.7. The van der Waals surface area contributed by atoms with E-state index >= 15 is 0 Å². The summed E-state index contributed by atoms with van der Waals surface area (Å²) in [6.45, 7) is 3.74. The number of halogens is 1. The largest absolute Gasteiger partial charge is 0.382 e. The van der Waals surface area contributed by atoms with Crippen molar-refractivity contribution in [3.63, 3.8) is 0 Å². The molecule has 0 aliphatic carbocycles. The predicted octanol–water partition coefficient (Wildman–Crippen LogP) is 1.51. The Kier molecular flexibility index (Phi) is 7.52. The highest BCUT2D eigenvalue weighted by molar-refractivity contribution is 8.00. The second kappa shape index (κ2) is 9.64. The number of carbonyl (C=O) groups is 2. The first-order valence-electron chi connectivity index (χ1n) is 8.12. The highest BCUT2D eigenvalue weighted by Crippen LogP contribution is 2.22. The van der Waals surface area contributed by atoms with E-state index in [-0.39, 0.29) is 22.9 Å². The van der Waals surface area contributed by atoms with Crippen LogP contribution in [0.1, 0.15) is 18.9 Å². The van der Waals surface area contributed by atoms with E-state index in [9.17, 15) is 14.0 Å². The van der Waals surface area contributed by atoms with Crippen LogP contribution in [0, 0.1) is 5.82 Å². The van der Waals surface area contributed by atoms with Gasteiger partial charge in [0.1, 0.15) is 11.9 Å². The van der Waals surface area contributed by atoms with E-state index in [4.69, 9.17) is 4.74 Å². The van der Waals surface area contributed by atoms with Crippen molar-refractivity contribution in [2.24, 2.45) is 0 Å². The molecule has 0 unspecified atom stereocenters.